The Hall–Kier alpha value is -2.78. The van der Waals surface area contributed by atoms with Crippen molar-refractivity contribution in [2.45, 2.75) is 19.3 Å². The molecule has 0 spiro atoms. The molecule has 9 heteroatoms. The van der Waals surface area contributed by atoms with Crippen LogP contribution in [-0.4, -0.2) is 37.1 Å². The molecule has 0 bridgehead atoms. The third-order valence-corrected chi connectivity index (χ3v) is 5.58. The number of carbonyl (C=O) groups is 1. The van der Waals surface area contributed by atoms with Gasteiger partial charge in [-0.15, -0.1) is 11.3 Å². The van der Waals surface area contributed by atoms with Crippen LogP contribution >= 0.6 is 11.3 Å². The molecule has 0 aliphatic heterocycles. The number of amides is 1. The molecule has 0 aliphatic carbocycles. The fraction of sp³-hybridized carbons (Fsp3) is 0.250. The van der Waals surface area contributed by atoms with E-state index in [9.17, 15) is 13.2 Å². The number of nitrogens with zero attached hydrogens (tertiary/aromatic N) is 2. The van der Waals surface area contributed by atoms with Crippen molar-refractivity contribution in [3.63, 3.8) is 0 Å². The molecule has 2 N–H and O–H groups in total. The normalized spacial score (nSPS) is 11.2. The van der Waals surface area contributed by atoms with Gasteiger partial charge in [0.2, 0.25) is 15.9 Å². The van der Waals surface area contributed by atoms with Crippen molar-refractivity contribution in [1.82, 2.24) is 15.3 Å². The lowest BCUT2D eigenvalue weighted by atomic mass is 10.1. The first-order valence-corrected chi connectivity index (χ1v) is 11.8. The van der Waals surface area contributed by atoms with Gasteiger partial charge < -0.3 is 5.32 Å². The molecule has 0 saturated carbocycles. The number of carbonyl (C=O) groups excluding carboxylic acids is 1. The van der Waals surface area contributed by atoms with Gasteiger partial charge >= 0.3 is 0 Å². The lowest BCUT2D eigenvalue weighted by molar-refractivity contribution is -0.120. The van der Waals surface area contributed by atoms with Gasteiger partial charge in [0.1, 0.15) is 0 Å². The number of pyridine rings is 1. The molecule has 7 nitrogen and oxygen atoms in total. The van der Waals surface area contributed by atoms with E-state index >= 15 is 0 Å². The summed E-state index contributed by atoms with van der Waals surface area (Å²) in [6, 6.07) is 10.7. The molecule has 29 heavy (non-hydrogen) atoms. The Bertz CT molecular complexity index is 1070. The van der Waals surface area contributed by atoms with Crippen molar-refractivity contribution in [2.24, 2.45) is 0 Å². The van der Waals surface area contributed by atoms with E-state index in [0.717, 1.165) is 35.4 Å². The molecular weight excluding hydrogens is 408 g/mol. The van der Waals surface area contributed by atoms with Crippen LogP contribution in [-0.2, 0) is 27.7 Å². The van der Waals surface area contributed by atoms with Crippen molar-refractivity contribution in [3.8, 4) is 11.3 Å². The largest absolute Gasteiger partial charge is 0.356 e. The molecule has 0 aliphatic rings. The lowest BCUT2D eigenvalue weighted by Crippen LogP contribution is -2.27. The topological polar surface area (TPSA) is 101 Å². The number of rotatable bonds is 9. The minimum absolute atomic E-state index is 0.113. The summed E-state index contributed by atoms with van der Waals surface area (Å²) in [5.41, 5.74) is 3.04. The molecule has 2 heterocycles. The first-order chi connectivity index (χ1) is 13.9. The van der Waals surface area contributed by atoms with Crippen LogP contribution in [0.4, 0.5) is 5.69 Å². The summed E-state index contributed by atoms with van der Waals surface area (Å²) >= 11 is 1.60. The average molecular weight is 431 g/mol. The fourth-order valence-electron chi connectivity index (χ4n) is 2.76. The van der Waals surface area contributed by atoms with Gasteiger partial charge in [-0.2, -0.15) is 0 Å². The maximum absolute atomic E-state index is 12.2. The Kier molecular flexibility index (Phi) is 6.95. The highest BCUT2D eigenvalue weighted by Gasteiger charge is 2.11. The number of sulfonamides is 1. The van der Waals surface area contributed by atoms with Crippen LogP contribution in [0.3, 0.4) is 0 Å². The number of para-hydroxylation sites is 1. The number of aryl methyl sites for hydroxylation is 1. The van der Waals surface area contributed by atoms with Crippen LogP contribution in [0.2, 0.25) is 0 Å². The zero-order valence-corrected chi connectivity index (χ0v) is 17.6. The Labute approximate surface area is 174 Å². The minimum Gasteiger partial charge on any atom is -0.356 e. The minimum atomic E-state index is -3.40. The monoisotopic (exact) mass is 430 g/mol. The molecule has 152 valence electrons. The second kappa shape index (κ2) is 9.62. The van der Waals surface area contributed by atoms with Crippen molar-refractivity contribution in [1.29, 1.82) is 0 Å². The van der Waals surface area contributed by atoms with E-state index in [1.165, 1.54) is 0 Å². The predicted octanol–water partition coefficient (Wildman–Crippen LogP) is 2.87. The standard InChI is InChI=1S/C20H22N4O3S2/c1-29(26,27)24-17-6-3-2-5-16(17)13-19(25)22-10-4-7-20-23-18(14-28-20)15-8-11-21-12-9-15/h2-3,5-6,8-9,11-12,14,24H,4,7,10,13H2,1H3,(H,22,25). The Morgan fingerprint density at radius 2 is 1.90 bits per heavy atom. The zero-order valence-electron chi connectivity index (χ0n) is 16.0. The SMILES string of the molecule is CS(=O)(=O)Nc1ccccc1CC(=O)NCCCc1nc(-c2ccncc2)cs1. The molecule has 0 unspecified atom stereocenters. The number of anilines is 1. The molecule has 2 aromatic heterocycles. The average Bonchev–Trinajstić information content (AvgIpc) is 3.15. The van der Waals surface area contributed by atoms with E-state index in [0.29, 0.717) is 17.8 Å². The number of benzene rings is 1. The van der Waals surface area contributed by atoms with Crippen molar-refractivity contribution >= 4 is 33.0 Å². The second-order valence-electron chi connectivity index (χ2n) is 6.52. The van der Waals surface area contributed by atoms with E-state index in [2.05, 4.69) is 20.0 Å². The van der Waals surface area contributed by atoms with Gasteiger partial charge in [-0.1, -0.05) is 18.2 Å². The molecule has 3 rings (SSSR count). The van der Waals surface area contributed by atoms with Crippen LogP contribution in [0.15, 0.2) is 54.2 Å². The Morgan fingerprint density at radius 1 is 1.14 bits per heavy atom. The summed E-state index contributed by atoms with van der Waals surface area (Å²) in [7, 11) is -3.40. The van der Waals surface area contributed by atoms with E-state index in [-0.39, 0.29) is 12.3 Å². The van der Waals surface area contributed by atoms with Gasteiger partial charge in [-0.05, 0) is 30.2 Å². The summed E-state index contributed by atoms with van der Waals surface area (Å²) in [6.45, 7) is 0.532. The van der Waals surface area contributed by atoms with Gasteiger partial charge in [0.05, 0.1) is 29.1 Å². The number of hydrogen-bond acceptors (Lipinski definition) is 6. The summed E-state index contributed by atoms with van der Waals surface area (Å²) in [6.07, 6.45) is 6.24. The summed E-state index contributed by atoms with van der Waals surface area (Å²) in [5.74, 6) is -0.149. The highest BCUT2D eigenvalue weighted by atomic mass is 32.2. The molecule has 0 saturated heterocycles. The van der Waals surface area contributed by atoms with E-state index in [1.807, 2.05) is 17.5 Å². The van der Waals surface area contributed by atoms with Gasteiger partial charge in [-0.25, -0.2) is 13.4 Å². The zero-order chi connectivity index (χ0) is 20.7. The summed E-state index contributed by atoms with van der Waals surface area (Å²) < 4.78 is 25.4. The van der Waals surface area contributed by atoms with E-state index in [1.54, 1.807) is 48.0 Å². The van der Waals surface area contributed by atoms with Crippen molar-refractivity contribution < 1.29 is 13.2 Å². The molecule has 0 fully saturated rings. The molecule has 0 atom stereocenters. The van der Waals surface area contributed by atoms with Gasteiger partial charge in [-0.3, -0.25) is 14.5 Å². The van der Waals surface area contributed by atoms with Gasteiger partial charge in [0.15, 0.2) is 0 Å². The van der Waals surface area contributed by atoms with Crippen molar-refractivity contribution in [2.75, 3.05) is 17.5 Å². The highest BCUT2D eigenvalue weighted by Crippen LogP contribution is 2.21. The third-order valence-electron chi connectivity index (χ3n) is 4.08. The number of nitrogens with one attached hydrogen (secondary N) is 2. The second-order valence-corrected chi connectivity index (χ2v) is 9.22. The van der Waals surface area contributed by atoms with Crippen LogP contribution in [0.5, 0.6) is 0 Å². The Balaban J connectivity index is 1.46. The third kappa shape index (κ3) is 6.65. The highest BCUT2D eigenvalue weighted by molar-refractivity contribution is 7.92. The summed E-state index contributed by atoms with van der Waals surface area (Å²) in [5, 5.41) is 5.93. The van der Waals surface area contributed by atoms with Crippen LogP contribution in [0.1, 0.15) is 17.0 Å². The quantitative estimate of drug-likeness (QED) is 0.509. The maximum atomic E-state index is 12.2. The fourth-order valence-corrected chi connectivity index (χ4v) is 4.21. The van der Waals surface area contributed by atoms with Gasteiger partial charge in [0.25, 0.3) is 0 Å². The number of aromatic nitrogens is 2. The van der Waals surface area contributed by atoms with E-state index in [4.69, 9.17) is 0 Å². The molecule has 0 radical (unpaired) electrons. The molecule has 1 amide bonds. The summed E-state index contributed by atoms with van der Waals surface area (Å²) in [4.78, 5) is 20.9. The molecular formula is C20H22N4O3S2. The lowest BCUT2D eigenvalue weighted by Gasteiger charge is -2.10. The smallest absolute Gasteiger partial charge is 0.229 e. The molecule has 1 aromatic carbocycles. The molecule has 3 aromatic rings. The first-order valence-electron chi connectivity index (χ1n) is 9.08. The predicted molar refractivity (Wildman–Crippen MR) is 115 cm³/mol. The van der Waals surface area contributed by atoms with Crippen LogP contribution in [0, 0.1) is 0 Å². The number of thiazole rings is 1. The number of hydrogen-bond donors (Lipinski definition) is 2. The van der Waals surface area contributed by atoms with Crippen LogP contribution in [0.25, 0.3) is 11.3 Å². The maximum Gasteiger partial charge on any atom is 0.229 e. The van der Waals surface area contributed by atoms with Gasteiger partial charge in [0, 0.05) is 36.3 Å². The Morgan fingerprint density at radius 3 is 2.66 bits per heavy atom. The van der Waals surface area contributed by atoms with E-state index < -0.39 is 10.0 Å². The van der Waals surface area contributed by atoms with Crippen LogP contribution < -0.4 is 10.0 Å². The first kappa shape index (κ1) is 20.9. The van der Waals surface area contributed by atoms with Crippen molar-refractivity contribution in [3.05, 3.63) is 64.7 Å².